The monoisotopic (exact) mass is 268 g/mol. The van der Waals surface area contributed by atoms with Crippen LogP contribution in [-0.4, -0.2) is 11.1 Å². The standard InChI is InChI=1S/C12H13BrO2/c1-9(12(14)15)5-4-7-10-6-2-3-8-11(10)13/h2-3,6,8H,1,4-5,7H2,(H,14,15). The highest BCUT2D eigenvalue weighted by Crippen LogP contribution is 2.18. The molecule has 3 heteroatoms. The Hall–Kier alpha value is -1.09. The van der Waals surface area contributed by atoms with Crippen molar-refractivity contribution < 1.29 is 9.90 Å². The van der Waals surface area contributed by atoms with Gasteiger partial charge in [0.25, 0.3) is 0 Å². The van der Waals surface area contributed by atoms with Gasteiger partial charge < -0.3 is 5.11 Å². The fourth-order valence-electron chi connectivity index (χ4n) is 1.30. The average molecular weight is 269 g/mol. The molecule has 0 saturated carbocycles. The summed E-state index contributed by atoms with van der Waals surface area (Å²) in [5, 5.41) is 8.62. The summed E-state index contributed by atoms with van der Waals surface area (Å²) in [4.78, 5) is 10.5. The van der Waals surface area contributed by atoms with E-state index in [-0.39, 0.29) is 5.57 Å². The van der Waals surface area contributed by atoms with E-state index in [2.05, 4.69) is 22.5 Å². The second kappa shape index (κ2) is 5.71. The molecule has 0 heterocycles. The first-order chi connectivity index (χ1) is 7.11. The van der Waals surface area contributed by atoms with Gasteiger partial charge in [0, 0.05) is 10.0 Å². The molecule has 1 aromatic rings. The number of benzene rings is 1. The number of aliphatic carboxylic acids is 1. The lowest BCUT2D eigenvalue weighted by atomic mass is 10.1. The number of halogens is 1. The minimum atomic E-state index is -0.901. The molecule has 0 amide bonds. The van der Waals surface area contributed by atoms with Gasteiger partial charge in [-0.2, -0.15) is 0 Å². The van der Waals surface area contributed by atoms with Crippen molar-refractivity contribution in [1.29, 1.82) is 0 Å². The Labute approximate surface area is 97.8 Å². The smallest absolute Gasteiger partial charge is 0.330 e. The summed E-state index contributed by atoms with van der Waals surface area (Å²) < 4.78 is 1.07. The molecule has 0 aliphatic rings. The third-order valence-electron chi connectivity index (χ3n) is 2.18. The summed E-state index contributed by atoms with van der Waals surface area (Å²) in [7, 11) is 0. The predicted molar refractivity (Wildman–Crippen MR) is 63.9 cm³/mol. The number of aryl methyl sites for hydroxylation is 1. The van der Waals surface area contributed by atoms with E-state index in [9.17, 15) is 4.79 Å². The molecule has 0 aliphatic heterocycles. The Bertz CT molecular complexity index is 372. The van der Waals surface area contributed by atoms with Gasteiger partial charge >= 0.3 is 5.97 Å². The van der Waals surface area contributed by atoms with Crippen molar-refractivity contribution in [3.63, 3.8) is 0 Å². The molecule has 2 nitrogen and oxygen atoms in total. The fraction of sp³-hybridized carbons (Fsp3) is 0.250. The average Bonchev–Trinajstić information content (AvgIpc) is 2.20. The molecule has 1 N–H and O–H groups in total. The van der Waals surface area contributed by atoms with Gasteiger partial charge in [0.1, 0.15) is 0 Å². The molecule has 0 saturated heterocycles. The summed E-state index contributed by atoms with van der Waals surface area (Å²) in [6.07, 6.45) is 2.22. The van der Waals surface area contributed by atoms with Crippen molar-refractivity contribution in [3.8, 4) is 0 Å². The highest BCUT2D eigenvalue weighted by Gasteiger charge is 2.04. The van der Waals surface area contributed by atoms with Gasteiger partial charge in [0.05, 0.1) is 0 Å². The zero-order valence-electron chi connectivity index (χ0n) is 8.37. The predicted octanol–water partition coefficient (Wildman–Crippen LogP) is 3.41. The third-order valence-corrected chi connectivity index (χ3v) is 2.96. The molecule has 1 aromatic carbocycles. The summed E-state index contributed by atoms with van der Waals surface area (Å²) >= 11 is 3.45. The Balaban J connectivity index is 2.42. The van der Waals surface area contributed by atoms with Gasteiger partial charge in [-0.05, 0) is 30.9 Å². The molecule has 0 unspecified atom stereocenters. The lowest BCUT2D eigenvalue weighted by Crippen LogP contribution is -1.99. The number of carboxylic acid groups (broad SMARTS) is 1. The van der Waals surface area contributed by atoms with E-state index in [1.54, 1.807) is 0 Å². The highest BCUT2D eigenvalue weighted by atomic mass is 79.9. The summed E-state index contributed by atoms with van der Waals surface area (Å²) in [6, 6.07) is 7.96. The number of carboxylic acids is 1. The van der Waals surface area contributed by atoms with Crippen molar-refractivity contribution in [3.05, 3.63) is 46.5 Å². The van der Waals surface area contributed by atoms with E-state index in [1.165, 1.54) is 5.56 Å². The topological polar surface area (TPSA) is 37.3 Å². The quantitative estimate of drug-likeness (QED) is 0.831. The van der Waals surface area contributed by atoms with Crippen LogP contribution in [0.3, 0.4) is 0 Å². The molecular formula is C12H13BrO2. The zero-order chi connectivity index (χ0) is 11.3. The summed E-state index contributed by atoms with van der Waals surface area (Å²) in [5.41, 5.74) is 1.48. The molecular weight excluding hydrogens is 256 g/mol. The van der Waals surface area contributed by atoms with Crippen molar-refractivity contribution in [2.24, 2.45) is 0 Å². The maximum atomic E-state index is 10.5. The molecule has 0 aliphatic carbocycles. The minimum Gasteiger partial charge on any atom is -0.478 e. The third kappa shape index (κ3) is 3.88. The van der Waals surface area contributed by atoms with E-state index in [1.807, 2.05) is 24.3 Å². The van der Waals surface area contributed by atoms with Crippen LogP contribution < -0.4 is 0 Å². The Morgan fingerprint density at radius 1 is 1.40 bits per heavy atom. The number of rotatable bonds is 5. The van der Waals surface area contributed by atoms with Crippen LogP contribution in [0, 0.1) is 0 Å². The first kappa shape index (κ1) is 12.0. The first-order valence-corrected chi connectivity index (χ1v) is 5.55. The van der Waals surface area contributed by atoms with Gasteiger partial charge in [-0.1, -0.05) is 40.7 Å². The normalized spacial score (nSPS) is 9.93. The number of hydrogen-bond acceptors (Lipinski definition) is 1. The Morgan fingerprint density at radius 2 is 2.07 bits per heavy atom. The van der Waals surface area contributed by atoms with Gasteiger partial charge in [-0.15, -0.1) is 0 Å². The van der Waals surface area contributed by atoms with Gasteiger partial charge in [-0.3, -0.25) is 0 Å². The Morgan fingerprint density at radius 3 is 2.67 bits per heavy atom. The zero-order valence-corrected chi connectivity index (χ0v) is 9.96. The largest absolute Gasteiger partial charge is 0.478 e. The van der Waals surface area contributed by atoms with E-state index < -0.39 is 5.97 Å². The lowest BCUT2D eigenvalue weighted by molar-refractivity contribution is -0.132. The second-order valence-corrected chi connectivity index (χ2v) is 4.21. The van der Waals surface area contributed by atoms with Crippen LogP contribution in [0.2, 0.25) is 0 Å². The highest BCUT2D eigenvalue weighted by molar-refractivity contribution is 9.10. The maximum absolute atomic E-state index is 10.5. The van der Waals surface area contributed by atoms with Crippen molar-refractivity contribution in [2.45, 2.75) is 19.3 Å². The summed E-state index contributed by atoms with van der Waals surface area (Å²) in [5.74, 6) is -0.901. The van der Waals surface area contributed by atoms with Crippen LogP contribution in [0.4, 0.5) is 0 Å². The molecule has 0 radical (unpaired) electrons. The fourth-order valence-corrected chi connectivity index (χ4v) is 1.78. The molecule has 15 heavy (non-hydrogen) atoms. The van der Waals surface area contributed by atoms with E-state index in [0.29, 0.717) is 6.42 Å². The number of carbonyl (C=O) groups is 1. The maximum Gasteiger partial charge on any atom is 0.330 e. The van der Waals surface area contributed by atoms with E-state index in [0.717, 1.165) is 17.3 Å². The second-order valence-electron chi connectivity index (χ2n) is 3.35. The van der Waals surface area contributed by atoms with Crippen molar-refractivity contribution in [1.82, 2.24) is 0 Å². The molecule has 0 atom stereocenters. The van der Waals surface area contributed by atoms with Crippen LogP contribution in [0.25, 0.3) is 0 Å². The van der Waals surface area contributed by atoms with E-state index in [4.69, 9.17) is 5.11 Å². The molecule has 1 rings (SSSR count). The van der Waals surface area contributed by atoms with Crippen LogP contribution in [0.5, 0.6) is 0 Å². The number of hydrogen-bond donors (Lipinski definition) is 1. The SMILES string of the molecule is C=C(CCCc1ccccc1Br)C(=O)O. The van der Waals surface area contributed by atoms with Gasteiger partial charge in [0.2, 0.25) is 0 Å². The van der Waals surface area contributed by atoms with Gasteiger partial charge in [-0.25, -0.2) is 4.79 Å². The van der Waals surface area contributed by atoms with Gasteiger partial charge in [0.15, 0.2) is 0 Å². The van der Waals surface area contributed by atoms with Crippen LogP contribution in [-0.2, 0) is 11.2 Å². The van der Waals surface area contributed by atoms with Crippen LogP contribution >= 0.6 is 15.9 Å². The molecule has 0 bridgehead atoms. The van der Waals surface area contributed by atoms with E-state index >= 15 is 0 Å². The van der Waals surface area contributed by atoms with Crippen molar-refractivity contribution in [2.75, 3.05) is 0 Å². The Kier molecular flexibility index (Phi) is 4.56. The minimum absolute atomic E-state index is 0.280. The molecule has 80 valence electrons. The van der Waals surface area contributed by atoms with Crippen LogP contribution in [0.1, 0.15) is 18.4 Å². The molecule has 0 aromatic heterocycles. The molecule has 0 fully saturated rings. The van der Waals surface area contributed by atoms with Crippen molar-refractivity contribution >= 4 is 21.9 Å². The summed E-state index contributed by atoms with van der Waals surface area (Å²) in [6.45, 7) is 3.50. The van der Waals surface area contributed by atoms with Crippen LogP contribution in [0.15, 0.2) is 40.9 Å². The lowest BCUT2D eigenvalue weighted by Gasteiger charge is -2.03. The molecule has 0 spiro atoms. The first-order valence-electron chi connectivity index (χ1n) is 4.75.